The summed E-state index contributed by atoms with van der Waals surface area (Å²) >= 11 is 0.700. The van der Waals surface area contributed by atoms with E-state index >= 15 is 0 Å². The number of rotatable bonds is 2. The molecule has 22 heavy (non-hydrogen) atoms. The van der Waals surface area contributed by atoms with Gasteiger partial charge in [-0.3, -0.25) is 25.8 Å². The molecule has 0 unspecified atom stereocenters. The number of benzene rings is 1. The van der Waals surface area contributed by atoms with E-state index in [0.29, 0.717) is 25.3 Å². The van der Waals surface area contributed by atoms with Crippen molar-refractivity contribution in [2.24, 2.45) is 0 Å². The van der Waals surface area contributed by atoms with E-state index in [4.69, 9.17) is 24.4 Å². The zero-order valence-electron chi connectivity index (χ0n) is 11.9. The molecule has 5 N–H and O–H groups in total. The molecule has 0 saturated carbocycles. The monoisotopic (exact) mass is 401 g/mol. The summed E-state index contributed by atoms with van der Waals surface area (Å²) in [6, 6.07) is 9.12. The Morgan fingerprint density at radius 2 is 1.41 bits per heavy atom. The van der Waals surface area contributed by atoms with Gasteiger partial charge in [0.25, 0.3) is 5.91 Å². The molecule has 1 heterocycles. The fraction of sp³-hybridized carbons (Fsp3) is 0.462. The van der Waals surface area contributed by atoms with Crippen LogP contribution in [0.5, 0.6) is 0 Å². The number of aliphatic hydroxyl groups excluding tert-OH is 1. The van der Waals surface area contributed by atoms with Crippen LogP contribution in [0.15, 0.2) is 30.3 Å². The van der Waals surface area contributed by atoms with Gasteiger partial charge in [0.2, 0.25) is 0 Å². The maximum absolute atomic E-state index is 12.0. The van der Waals surface area contributed by atoms with Crippen molar-refractivity contribution < 1.29 is 54.1 Å². The molecule has 9 heteroatoms. The van der Waals surface area contributed by atoms with Crippen LogP contribution >= 0.6 is 0 Å². The SMILES string of the molecule is O=C([C@@H](O)c1ccccc1)N1CCCCC1.OO.OO.[O]=[Mo]. The fourth-order valence-electron chi connectivity index (χ4n) is 2.07. The Bertz CT molecular complexity index is 374. The van der Waals surface area contributed by atoms with Gasteiger partial charge in [-0.1, -0.05) is 30.3 Å². The molecule has 1 atom stereocenters. The second-order valence-electron chi connectivity index (χ2n) is 4.20. The van der Waals surface area contributed by atoms with Gasteiger partial charge in [0.1, 0.15) is 0 Å². The van der Waals surface area contributed by atoms with Crippen molar-refractivity contribution >= 4 is 5.91 Å². The van der Waals surface area contributed by atoms with E-state index in [-0.39, 0.29) is 5.91 Å². The molecule has 1 aliphatic rings. The Morgan fingerprint density at radius 1 is 0.955 bits per heavy atom. The fourth-order valence-corrected chi connectivity index (χ4v) is 2.07. The number of hydrogen-bond donors (Lipinski definition) is 5. The van der Waals surface area contributed by atoms with E-state index in [0.717, 1.165) is 25.9 Å². The number of piperidine rings is 1. The molecule has 8 nitrogen and oxygen atoms in total. The van der Waals surface area contributed by atoms with Crippen molar-refractivity contribution in [2.45, 2.75) is 25.4 Å². The third-order valence-corrected chi connectivity index (χ3v) is 3.02. The predicted molar refractivity (Wildman–Crippen MR) is 73.0 cm³/mol. The number of amides is 1. The van der Waals surface area contributed by atoms with E-state index in [2.05, 4.69) is 0 Å². The van der Waals surface area contributed by atoms with Crippen molar-refractivity contribution in [3.8, 4) is 0 Å². The quantitative estimate of drug-likeness (QED) is 0.290. The zero-order chi connectivity index (χ0) is 17.4. The minimum absolute atomic E-state index is 0.161. The van der Waals surface area contributed by atoms with E-state index < -0.39 is 6.10 Å². The Labute approximate surface area is 139 Å². The summed E-state index contributed by atoms with van der Waals surface area (Å²) in [5, 5.41) is 34.0. The summed E-state index contributed by atoms with van der Waals surface area (Å²) in [5.74, 6) is -0.161. The summed E-state index contributed by atoms with van der Waals surface area (Å²) in [4.78, 5) is 13.7. The number of carbonyl (C=O) groups excluding carboxylic acids is 1. The average Bonchev–Trinajstić information content (AvgIpc) is 2.67. The number of carbonyl (C=O) groups is 1. The first-order chi connectivity index (χ1) is 10.8. The maximum atomic E-state index is 12.0. The normalized spacial score (nSPS) is 14.0. The zero-order valence-corrected chi connectivity index (χ0v) is 13.9. The first-order valence-corrected chi connectivity index (χ1v) is 7.19. The van der Waals surface area contributed by atoms with Gasteiger partial charge in [0.15, 0.2) is 6.10 Å². The predicted octanol–water partition coefficient (Wildman–Crippen LogP) is 1.65. The second-order valence-corrected chi connectivity index (χ2v) is 4.20. The third-order valence-electron chi connectivity index (χ3n) is 3.02. The number of hydrogen-bond acceptors (Lipinski definition) is 7. The van der Waals surface area contributed by atoms with Gasteiger partial charge in [-0.25, -0.2) is 0 Å². The first kappa shape index (κ1) is 23.2. The minimum atomic E-state index is -1.00. The van der Waals surface area contributed by atoms with E-state index in [9.17, 15) is 9.90 Å². The molecule has 1 aliphatic heterocycles. The molecule has 0 spiro atoms. The van der Waals surface area contributed by atoms with Gasteiger partial charge < -0.3 is 10.0 Å². The van der Waals surface area contributed by atoms with Crippen LogP contribution in [0.1, 0.15) is 30.9 Å². The van der Waals surface area contributed by atoms with Crippen LogP contribution in [-0.4, -0.2) is 50.0 Å². The van der Waals surface area contributed by atoms with Crippen LogP contribution in [0, 0.1) is 0 Å². The van der Waals surface area contributed by atoms with Crippen LogP contribution in [0.2, 0.25) is 0 Å². The summed E-state index contributed by atoms with van der Waals surface area (Å²) < 4.78 is 8.26. The Hall–Kier alpha value is -1.02. The van der Waals surface area contributed by atoms with Crippen molar-refractivity contribution in [1.29, 1.82) is 0 Å². The van der Waals surface area contributed by atoms with Gasteiger partial charge in [-0.05, 0) is 24.8 Å². The molecule has 1 aromatic rings. The third kappa shape index (κ3) is 8.43. The van der Waals surface area contributed by atoms with Crippen LogP contribution in [0.3, 0.4) is 0 Å². The van der Waals surface area contributed by atoms with Crippen LogP contribution in [0.4, 0.5) is 0 Å². The molecule has 0 radical (unpaired) electrons. The molecule has 1 saturated heterocycles. The molecule has 1 amide bonds. The van der Waals surface area contributed by atoms with Crippen LogP contribution in [-0.2, 0) is 28.0 Å². The molecular formula is C13H21MoNO7. The summed E-state index contributed by atoms with van der Waals surface area (Å²) in [6.45, 7) is 1.56. The second kappa shape index (κ2) is 16.4. The van der Waals surface area contributed by atoms with Gasteiger partial charge in [0.05, 0.1) is 0 Å². The molecule has 0 bridgehead atoms. The van der Waals surface area contributed by atoms with E-state index in [1.807, 2.05) is 18.2 Å². The Morgan fingerprint density at radius 3 is 1.86 bits per heavy atom. The van der Waals surface area contributed by atoms with E-state index in [1.54, 1.807) is 17.0 Å². The number of likely N-dealkylation sites (tertiary alicyclic amines) is 1. The molecule has 2 rings (SSSR count). The Balaban J connectivity index is 0. The molecule has 1 fully saturated rings. The van der Waals surface area contributed by atoms with Gasteiger partial charge >= 0.3 is 23.2 Å². The van der Waals surface area contributed by atoms with Gasteiger partial charge in [0, 0.05) is 13.1 Å². The molecule has 0 aromatic heterocycles. The van der Waals surface area contributed by atoms with Crippen LogP contribution < -0.4 is 0 Å². The van der Waals surface area contributed by atoms with Crippen molar-refractivity contribution in [3.63, 3.8) is 0 Å². The summed E-state index contributed by atoms with van der Waals surface area (Å²) in [7, 11) is 0. The Kier molecular flexibility index (Phi) is 17.3. The molecular weight excluding hydrogens is 378 g/mol. The van der Waals surface area contributed by atoms with Crippen LogP contribution in [0.25, 0.3) is 0 Å². The molecule has 0 aliphatic carbocycles. The van der Waals surface area contributed by atoms with Crippen molar-refractivity contribution in [2.75, 3.05) is 13.1 Å². The number of aliphatic hydroxyl groups is 1. The van der Waals surface area contributed by atoms with Crippen molar-refractivity contribution in [3.05, 3.63) is 35.9 Å². The molecule has 1 aromatic carbocycles. The van der Waals surface area contributed by atoms with Gasteiger partial charge in [-0.15, -0.1) is 0 Å². The summed E-state index contributed by atoms with van der Waals surface area (Å²) in [6.07, 6.45) is 2.28. The number of nitrogens with zero attached hydrogens (tertiary/aromatic N) is 1. The summed E-state index contributed by atoms with van der Waals surface area (Å²) in [5.41, 5.74) is 0.679. The standard InChI is InChI=1S/C13H17NO2.Mo.2H2O2.O/c15-12(11-7-3-1-4-8-11)13(16)14-9-5-2-6-10-14;;2*1-2;/h1,3-4,7-8,12,15H,2,5-6,9-10H2;;2*1-2H;/t12-;;;;/m0..../s1. The first-order valence-electron chi connectivity index (χ1n) is 6.37. The van der Waals surface area contributed by atoms with Crippen molar-refractivity contribution in [1.82, 2.24) is 4.90 Å². The topological polar surface area (TPSA) is 139 Å². The van der Waals surface area contributed by atoms with Gasteiger partial charge in [-0.2, -0.15) is 0 Å². The average molecular weight is 399 g/mol. The van der Waals surface area contributed by atoms with E-state index in [1.165, 1.54) is 6.42 Å². The molecule has 126 valence electrons.